The van der Waals surface area contributed by atoms with Crippen LogP contribution in [-0.4, -0.2) is 35.5 Å². The van der Waals surface area contributed by atoms with E-state index in [1.165, 1.54) is 42.0 Å². The van der Waals surface area contributed by atoms with Gasteiger partial charge in [-0.2, -0.15) is 0 Å². The SMILES string of the molecule is CCCN(CCC)P(OCc1ccc2ccccc2c1)N(CCC)CCC. The average molecular weight is 389 g/mol. The summed E-state index contributed by atoms with van der Waals surface area (Å²) in [5.74, 6) is 0. The second kappa shape index (κ2) is 12.5. The molecule has 0 heterocycles. The normalized spacial score (nSPS) is 12.0. The van der Waals surface area contributed by atoms with Crippen molar-refractivity contribution >= 4 is 19.2 Å². The third-order valence-corrected chi connectivity index (χ3v) is 6.70. The molecule has 27 heavy (non-hydrogen) atoms. The topological polar surface area (TPSA) is 15.7 Å². The fourth-order valence-electron chi connectivity index (χ4n) is 3.40. The minimum atomic E-state index is -0.711. The van der Waals surface area contributed by atoms with Gasteiger partial charge in [0, 0.05) is 26.2 Å². The van der Waals surface area contributed by atoms with Gasteiger partial charge in [0.25, 0.3) is 0 Å². The number of fused-ring (bicyclic) bond motifs is 1. The fraction of sp³-hybridized carbons (Fsp3) is 0.565. The van der Waals surface area contributed by atoms with Crippen molar-refractivity contribution in [3.8, 4) is 0 Å². The van der Waals surface area contributed by atoms with Gasteiger partial charge in [0.2, 0.25) is 0 Å². The van der Waals surface area contributed by atoms with Crippen LogP contribution in [0.2, 0.25) is 0 Å². The third kappa shape index (κ3) is 6.84. The minimum Gasteiger partial charge on any atom is -0.327 e. The maximum absolute atomic E-state index is 6.63. The van der Waals surface area contributed by atoms with E-state index in [0.29, 0.717) is 6.61 Å². The molecule has 0 amide bonds. The first-order chi connectivity index (χ1) is 13.2. The van der Waals surface area contributed by atoms with Crippen molar-refractivity contribution in [3.05, 3.63) is 48.0 Å². The molecule has 2 aromatic rings. The van der Waals surface area contributed by atoms with Crippen molar-refractivity contribution in [2.24, 2.45) is 0 Å². The number of hydrogen-bond donors (Lipinski definition) is 0. The Kier molecular flexibility index (Phi) is 10.3. The van der Waals surface area contributed by atoms with Gasteiger partial charge in [-0.05, 0) is 48.1 Å². The van der Waals surface area contributed by atoms with Crippen molar-refractivity contribution in [3.63, 3.8) is 0 Å². The highest BCUT2D eigenvalue weighted by atomic mass is 31.2. The maximum Gasteiger partial charge on any atom is 0.188 e. The van der Waals surface area contributed by atoms with Gasteiger partial charge < -0.3 is 4.52 Å². The Labute approximate surface area is 167 Å². The van der Waals surface area contributed by atoms with Gasteiger partial charge >= 0.3 is 0 Å². The lowest BCUT2D eigenvalue weighted by atomic mass is 10.1. The van der Waals surface area contributed by atoms with E-state index < -0.39 is 8.45 Å². The first-order valence-corrected chi connectivity index (χ1v) is 11.8. The summed E-state index contributed by atoms with van der Waals surface area (Å²) in [6.45, 7) is 14.2. The predicted octanol–water partition coefficient (Wildman–Crippen LogP) is 6.83. The Morgan fingerprint density at radius 3 is 1.74 bits per heavy atom. The molecule has 0 aliphatic heterocycles. The summed E-state index contributed by atoms with van der Waals surface area (Å²) >= 11 is 0. The molecule has 0 N–H and O–H groups in total. The molecule has 0 aliphatic carbocycles. The molecule has 150 valence electrons. The summed E-state index contributed by atoms with van der Waals surface area (Å²) in [6.07, 6.45) is 4.68. The molecule has 3 nitrogen and oxygen atoms in total. The third-order valence-electron chi connectivity index (χ3n) is 4.57. The molecule has 2 rings (SSSR count). The van der Waals surface area contributed by atoms with Crippen LogP contribution < -0.4 is 0 Å². The van der Waals surface area contributed by atoms with Crippen LogP contribution in [0, 0.1) is 0 Å². The molecular weight excluding hydrogens is 351 g/mol. The second-order valence-corrected chi connectivity index (χ2v) is 9.01. The van der Waals surface area contributed by atoms with Crippen molar-refractivity contribution in [1.29, 1.82) is 0 Å². The highest BCUT2D eigenvalue weighted by Crippen LogP contribution is 2.46. The van der Waals surface area contributed by atoms with E-state index in [1.807, 2.05) is 0 Å². The fourth-order valence-corrected chi connectivity index (χ4v) is 5.83. The zero-order chi connectivity index (χ0) is 19.5. The first-order valence-electron chi connectivity index (χ1n) is 10.6. The zero-order valence-electron chi connectivity index (χ0n) is 17.7. The number of rotatable bonds is 13. The Morgan fingerprint density at radius 2 is 1.22 bits per heavy atom. The van der Waals surface area contributed by atoms with E-state index in [0.717, 1.165) is 26.2 Å². The van der Waals surface area contributed by atoms with Gasteiger partial charge in [0.1, 0.15) is 0 Å². The summed E-state index contributed by atoms with van der Waals surface area (Å²) in [5, 5.41) is 2.58. The Balaban J connectivity index is 2.17. The van der Waals surface area contributed by atoms with Crippen LogP contribution in [0.3, 0.4) is 0 Å². The molecule has 0 spiro atoms. The van der Waals surface area contributed by atoms with E-state index in [2.05, 4.69) is 79.5 Å². The van der Waals surface area contributed by atoms with Gasteiger partial charge in [-0.25, -0.2) is 9.34 Å². The molecule has 0 bridgehead atoms. The summed E-state index contributed by atoms with van der Waals surface area (Å²) in [7, 11) is -0.711. The molecule has 0 saturated heterocycles. The molecule has 0 unspecified atom stereocenters. The lowest BCUT2D eigenvalue weighted by Crippen LogP contribution is -2.32. The van der Waals surface area contributed by atoms with E-state index in [-0.39, 0.29) is 0 Å². The molecule has 0 aliphatic rings. The molecule has 2 aromatic carbocycles. The average Bonchev–Trinajstić information content (AvgIpc) is 2.68. The van der Waals surface area contributed by atoms with E-state index in [4.69, 9.17) is 4.52 Å². The largest absolute Gasteiger partial charge is 0.327 e. The van der Waals surface area contributed by atoms with Gasteiger partial charge in [-0.3, -0.25) is 0 Å². The minimum absolute atomic E-state index is 0.685. The Hall–Kier alpha value is -0.990. The predicted molar refractivity (Wildman–Crippen MR) is 120 cm³/mol. The van der Waals surface area contributed by atoms with Crippen molar-refractivity contribution in [2.75, 3.05) is 26.2 Å². The summed E-state index contributed by atoms with van der Waals surface area (Å²) in [6, 6.07) is 15.2. The van der Waals surface area contributed by atoms with Gasteiger partial charge in [0.15, 0.2) is 8.45 Å². The van der Waals surface area contributed by atoms with Crippen molar-refractivity contribution < 1.29 is 4.52 Å². The Morgan fingerprint density at radius 1 is 0.704 bits per heavy atom. The monoisotopic (exact) mass is 388 g/mol. The van der Waals surface area contributed by atoms with E-state index in [1.54, 1.807) is 0 Å². The molecule has 0 atom stereocenters. The molecular formula is C23H37N2OP. The zero-order valence-corrected chi connectivity index (χ0v) is 18.5. The van der Waals surface area contributed by atoms with Crippen LogP contribution >= 0.6 is 8.45 Å². The van der Waals surface area contributed by atoms with Gasteiger partial charge in [-0.1, -0.05) is 64.1 Å². The molecule has 0 radical (unpaired) electrons. The van der Waals surface area contributed by atoms with E-state index in [9.17, 15) is 0 Å². The van der Waals surface area contributed by atoms with E-state index >= 15 is 0 Å². The second-order valence-electron chi connectivity index (χ2n) is 7.12. The highest BCUT2D eigenvalue weighted by molar-refractivity contribution is 7.47. The lowest BCUT2D eigenvalue weighted by molar-refractivity contribution is 0.244. The van der Waals surface area contributed by atoms with Gasteiger partial charge in [0.05, 0.1) is 6.61 Å². The summed E-state index contributed by atoms with van der Waals surface area (Å²) in [5.41, 5.74) is 1.27. The van der Waals surface area contributed by atoms with Crippen LogP contribution in [0.4, 0.5) is 0 Å². The standard InChI is InChI=1S/C23H37N2OP/c1-5-15-24(16-6-2)27(25(17-7-3)18-8-4)26-20-21-13-14-22-11-9-10-12-23(22)19-21/h9-14,19H,5-8,15-18,20H2,1-4H3. The number of hydrogen-bond acceptors (Lipinski definition) is 3. The first kappa shape index (κ1) is 22.3. The smallest absolute Gasteiger partial charge is 0.188 e. The summed E-state index contributed by atoms with van der Waals surface area (Å²) < 4.78 is 11.8. The van der Waals surface area contributed by atoms with Crippen LogP contribution in [0.1, 0.15) is 58.9 Å². The number of benzene rings is 2. The van der Waals surface area contributed by atoms with Crippen LogP contribution in [0.5, 0.6) is 0 Å². The molecule has 0 saturated carbocycles. The van der Waals surface area contributed by atoms with Gasteiger partial charge in [-0.15, -0.1) is 0 Å². The molecule has 4 heteroatoms. The number of nitrogens with zero attached hydrogens (tertiary/aromatic N) is 2. The molecule has 0 fully saturated rings. The quantitative estimate of drug-likeness (QED) is 0.350. The summed E-state index contributed by atoms with van der Waals surface area (Å²) in [4.78, 5) is 0. The van der Waals surface area contributed by atoms with Crippen molar-refractivity contribution in [1.82, 2.24) is 9.34 Å². The van der Waals surface area contributed by atoms with Crippen LogP contribution in [0.15, 0.2) is 42.5 Å². The van der Waals surface area contributed by atoms with Crippen LogP contribution in [-0.2, 0) is 11.1 Å². The molecule has 0 aromatic heterocycles. The Bertz CT molecular complexity index is 636. The van der Waals surface area contributed by atoms with Crippen molar-refractivity contribution in [2.45, 2.75) is 60.0 Å². The highest BCUT2D eigenvalue weighted by Gasteiger charge is 2.25. The van der Waals surface area contributed by atoms with Crippen LogP contribution in [0.25, 0.3) is 10.8 Å². The maximum atomic E-state index is 6.63. The lowest BCUT2D eigenvalue weighted by Gasteiger charge is -2.38.